The average Bonchev–Trinajstić information content (AvgIpc) is 3.42. The highest BCUT2D eigenvalue weighted by molar-refractivity contribution is 6.46. The van der Waals surface area contributed by atoms with Crippen LogP contribution in [0, 0.1) is 5.92 Å². The van der Waals surface area contributed by atoms with Crippen molar-refractivity contribution in [3.05, 3.63) is 101 Å². The molecule has 1 fully saturated rings. The molecule has 0 radical (unpaired) electrons. The standard InChI is InChI=1S/C33H35NO5/c1-21(2)15-17-38-27-11-7-10-24(20-27)30-29(31(35)25-12-13-28-26(19-25)18-22(3)39-28)32(36)33(37)34(30)16-14-23-8-5-4-6-9-23/h4-13,19-22,30,35H,14-18H2,1-3H3/t22-,30-/m1/s1. The van der Waals surface area contributed by atoms with E-state index in [1.54, 1.807) is 11.0 Å². The van der Waals surface area contributed by atoms with Gasteiger partial charge in [0.25, 0.3) is 11.7 Å². The number of likely N-dealkylation sites (tertiary alicyclic amines) is 1. The van der Waals surface area contributed by atoms with E-state index in [0.29, 0.717) is 36.8 Å². The molecule has 1 N–H and O–H groups in total. The highest BCUT2D eigenvalue weighted by atomic mass is 16.5. The summed E-state index contributed by atoms with van der Waals surface area (Å²) >= 11 is 0. The van der Waals surface area contributed by atoms with Crippen LogP contribution in [0.3, 0.4) is 0 Å². The number of carbonyl (C=O) groups is 2. The van der Waals surface area contributed by atoms with E-state index in [1.807, 2.05) is 73.7 Å². The van der Waals surface area contributed by atoms with Gasteiger partial charge in [-0.3, -0.25) is 9.59 Å². The predicted octanol–water partition coefficient (Wildman–Crippen LogP) is 6.10. The van der Waals surface area contributed by atoms with Crippen molar-refractivity contribution in [2.45, 2.75) is 52.2 Å². The normalized spacial score (nSPS) is 19.8. The molecule has 2 aliphatic rings. The number of benzene rings is 3. The number of amides is 1. The lowest BCUT2D eigenvalue weighted by molar-refractivity contribution is -0.139. The van der Waals surface area contributed by atoms with Gasteiger partial charge in [-0.25, -0.2) is 0 Å². The summed E-state index contributed by atoms with van der Waals surface area (Å²) in [4.78, 5) is 28.5. The van der Waals surface area contributed by atoms with Crippen LogP contribution in [0.5, 0.6) is 11.5 Å². The Hall–Kier alpha value is -4.06. The number of Topliss-reactive ketones (excluding diaryl/α,β-unsaturated/α-hetero) is 1. The second kappa shape index (κ2) is 11.4. The lowest BCUT2D eigenvalue weighted by atomic mass is 9.94. The maximum Gasteiger partial charge on any atom is 0.295 e. The van der Waals surface area contributed by atoms with Crippen molar-refractivity contribution < 1.29 is 24.2 Å². The van der Waals surface area contributed by atoms with Gasteiger partial charge in [-0.05, 0) is 72.7 Å². The van der Waals surface area contributed by atoms with E-state index in [-0.39, 0.29) is 17.4 Å². The summed E-state index contributed by atoms with van der Waals surface area (Å²) in [6.07, 6.45) is 2.28. The van der Waals surface area contributed by atoms with Crippen LogP contribution in [0.15, 0.2) is 78.4 Å². The highest BCUT2D eigenvalue weighted by Gasteiger charge is 2.46. The van der Waals surface area contributed by atoms with Gasteiger partial charge in [0.2, 0.25) is 0 Å². The Kier molecular flexibility index (Phi) is 7.73. The van der Waals surface area contributed by atoms with Crippen LogP contribution >= 0.6 is 0 Å². The van der Waals surface area contributed by atoms with Crippen molar-refractivity contribution in [1.82, 2.24) is 4.90 Å². The number of ether oxygens (including phenoxy) is 2. The number of aliphatic hydroxyl groups is 1. The van der Waals surface area contributed by atoms with Gasteiger partial charge in [0.05, 0.1) is 18.2 Å². The van der Waals surface area contributed by atoms with E-state index in [1.165, 1.54) is 0 Å². The second-order valence-corrected chi connectivity index (χ2v) is 10.8. The fraction of sp³-hybridized carbons (Fsp3) is 0.333. The Morgan fingerprint density at radius 2 is 1.85 bits per heavy atom. The van der Waals surface area contributed by atoms with Crippen molar-refractivity contribution in [2.75, 3.05) is 13.2 Å². The molecule has 1 amide bonds. The molecular weight excluding hydrogens is 490 g/mol. The number of fused-ring (bicyclic) bond motifs is 1. The largest absolute Gasteiger partial charge is 0.507 e. The molecule has 2 atom stereocenters. The number of nitrogens with zero attached hydrogens (tertiary/aromatic N) is 1. The minimum Gasteiger partial charge on any atom is -0.507 e. The fourth-order valence-electron chi connectivity index (χ4n) is 5.26. The Labute approximate surface area is 229 Å². The Morgan fingerprint density at radius 1 is 1.05 bits per heavy atom. The SMILES string of the molecule is CC(C)CCOc1cccc([C@@H]2C(=C(O)c3ccc4c(c3)C[C@@H](C)O4)C(=O)C(=O)N2CCc2ccccc2)c1. The summed E-state index contributed by atoms with van der Waals surface area (Å²) in [5, 5.41) is 11.5. The summed E-state index contributed by atoms with van der Waals surface area (Å²) in [6.45, 7) is 7.19. The Balaban J connectivity index is 1.53. The molecule has 6 nitrogen and oxygen atoms in total. The van der Waals surface area contributed by atoms with Crippen LogP contribution in [0.2, 0.25) is 0 Å². The van der Waals surface area contributed by atoms with E-state index in [9.17, 15) is 14.7 Å². The third-order valence-corrected chi connectivity index (χ3v) is 7.33. The number of carbonyl (C=O) groups excluding carboxylic acids is 2. The summed E-state index contributed by atoms with van der Waals surface area (Å²) in [6, 6.07) is 22.0. The third kappa shape index (κ3) is 5.70. The molecule has 5 rings (SSSR count). The van der Waals surface area contributed by atoms with Gasteiger partial charge in [-0.1, -0.05) is 56.3 Å². The molecular formula is C33H35NO5. The number of aliphatic hydroxyl groups excluding tert-OH is 1. The molecule has 0 saturated carbocycles. The Bertz CT molecular complexity index is 1390. The monoisotopic (exact) mass is 525 g/mol. The van der Waals surface area contributed by atoms with Crippen LogP contribution in [0.4, 0.5) is 0 Å². The topological polar surface area (TPSA) is 76.1 Å². The van der Waals surface area contributed by atoms with Gasteiger partial charge in [-0.15, -0.1) is 0 Å². The summed E-state index contributed by atoms with van der Waals surface area (Å²) < 4.78 is 11.8. The zero-order valence-corrected chi connectivity index (χ0v) is 22.7. The van der Waals surface area contributed by atoms with Crippen LogP contribution in [-0.2, 0) is 22.4 Å². The maximum atomic E-state index is 13.5. The highest BCUT2D eigenvalue weighted by Crippen LogP contribution is 2.41. The number of hydrogen-bond acceptors (Lipinski definition) is 5. The first-order chi connectivity index (χ1) is 18.8. The van der Waals surface area contributed by atoms with Gasteiger partial charge in [-0.2, -0.15) is 0 Å². The Morgan fingerprint density at radius 3 is 2.62 bits per heavy atom. The zero-order valence-electron chi connectivity index (χ0n) is 22.7. The fourth-order valence-corrected chi connectivity index (χ4v) is 5.26. The smallest absolute Gasteiger partial charge is 0.295 e. The van der Waals surface area contributed by atoms with Crippen molar-refractivity contribution in [3.8, 4) is 11.5 Å². The summed E-state index contributed by atoms with van der Waals surface area (Å²) in [7, 11) is 0. The van der Waals surface area contributed by atoms with Crippen molar-refractivity contribution >= 4 is 17.4 Å². The van der Waals surface area contributed by atoms with Crippen LogP contribution in [-0.4, -0.2) is 41.0 Å². The quantitative estimate of drug-likeness (QED) is 0.208. The van der Waals surface area contributed by atoms with Gasteiger partial charge in [0, 0.05) is 18.5 Å². The molecule has 3 aromatic rings. The molecule has 0 bridgehead atoms. The molecule has 1 saturated heterocycles. The van der Waals surface area contributed by atoms with Gasteiger partial charge in [0.15, 0.2) is 0 Å². The van der Waals surface area contributed by atoms with Crippen molar-refractivity contribution in [1.29, 1.82) is 0 Å². The third-order valence-electron chi connectivity index (χ3n) is 7.33. The van der Waals surface area contributed by atoms with Gasteiger partial charge < -0.3 is 19.5 Å². The summed E-state index contributed by atoms with van der Waals surface area (Å²) in [5.74, 6) is 0.507. The van der Waals surface area contributed by atoms with E-state index < -0.39 is 17.7 Å². The lowest BCUT2D eigenvalue weighted by Crippen LogP contribution is -2.31. The molecule has 2 aliphatic heterocycles. The molecule has 0 unspecified atom stereocenters. The lowest BCUT2D eigenvalue weighted by Gasteiger charge is -2.26. The van der Waals surface area contributed by atoms with E-state index in [2.05, 4.69) is 13.8 Å². The first-order valence-electron chi connectivity index (χ1n) is 13.7. The van der Waals surface area contributed by atoms with E-state index in [0.717, 1.165) is 35.3 Å². The molecule has 6 heteroatoms. The van der Waals surface area contributed by atoms with Gasteiger partial charge in [0.1, 0.15) is 23.4 Å². The maximum absolute atomic E-state index is 13.5. The molecule has 3 aromatic carbocycles. The average molecular weight is 526 g/mol. The van der Waals surface area contributed by atoms with Crippen LogP contribution in [0.25, 0.3) is 5.76 Å². The molecule has 202 valence electrons. The number of rotatable bonds is 9. The second-order valence-electron chi connectivity index (χ2n) is 10.8. The molecule has 0 aromatic heterocycles. The van der Waals surface area contributed by atoms with Crippen molar-refractivity contribution in [3.63, 3.8) is 0 Å². The van der Waals surface area contributed by atoms with Crippen molar-refractivity contribution in [2.24, 2.45) is 5.92 Å². The molecule has 39 heavy (non-hydrogen) atoms. The molecule has 0 aliphatic carbocycles. The predicted molar refractivity (Wildman–Crippen MR) is 151 cm³/mol. The van der Waals surface area contributed by atoms with E-state index >= 15 is 0 Å². The zero-order chi connectivity index (χ0) is 27.5. The number of ketones is 1. The first-order valence-corrected chi connectivity index (χ1v) is 13.7. The number of hydrogen-bond donors (Lipinski definition) is 1. The molecule has 2 heterocycles. The minimum absolute atomic E-state index is 0.0550. The van der Waals surface area contributed by atoms with Gasteiger partial charge >= 0.3 is 0 Å². The molecule has 0 spiro atoms. The van der Waals surface area contributed by atoms with E-state index in [4.69, 9.17) is 9.47 Å². The minimum atomic E-state index is -0.731. The van der Waals surface area contributed by atoms with Crippen LogP contribution in [0.1, 0.15) is 55.5 Å². The first kappa shape index (κ1) is 26.5. The summed E-state index contributed by atoms with van der Waals surface area (Å²) in [5.41, 5.74) is 3.36. The van der Waals surface area contributed by atoms with Crippen LogP contribution < -0.4 is 9.47 Å².